The van der Waals surface area contributed by atoms with Crippen LogP contribution in [0.2, 0.25) is 0 Å². The molecule has 1 aliphatic rings. The van der Waals surface area contributed by atoms with Crippen molar-refractivity contribution in [1.82, 2.24) is 4.90 Å². The van der Waals surface area contributed by atoms with Gasteiger partial charge in [-0.05, 0) is 37.6 Å². The lowest BCUT2D eigenvalue weighted by molar-refractivity contribution is -0.136. The van der Waals surface area contributed by atoms with E-state index in [2.05, 4.69) is 18.7 Å². The molecule has 1 unspecified atom stereocenters. The highest BCUT2D eigenvalue weighted by Crippen LogP contribution is 2.15. The fourth-order valence-corrected chi connectivity index (χ4v) is 2.31. The largest absolute Gasteiger partial charge is 0.368 e. The average Bonchev–Trinajstić information content (AvgIpc) is 2.43. The monoisotopic (exact) mass is 283 g/mol. The number of carbonyl (C=O) groups is 1. The highest BCUT2D eigenvalue weighted by Gasteiger charge is 2.28. The summed E-state index contributed by atoms with van der Waals surface area (Å²) >= 11 is 0. The van der Waals surface area contributed by atoms with Crippen molar-refractivity contribution < 1.29 is 18.3 Å². The number of ether oxygens (including phenoxy) is 1. The van der Waals surface area contributed by atoms with Crippen molar-refractivity contribution in [3.05, 3.63) is 35.4 Å². The summed E-state index contributed by atoms with van der Waals surface area (Å²) in [6, 6.07) is 3.48. The van der Waals surface area contributed by atoms with Crippen LogP contribution in [0.4, 0.5) is 8.78 Å². The Balaban J connectivity index is 2.02. The van der Waals surface area contributed by atoms with Crippen molar-refractivity contribution in [3.8, 4) is 0 Å². The molecule has 1 saturated heterocycles. The lowest BCUT2D eigenvalue weighted by atomic mass is 10.0. The first kappa shape index (κ1) is 15.1. The van der Waals surface area contributed by atoms with E-state index in [9.17, 15) is 13.6 Å². The van der Waals surface area contributed by atoms with E-state index in [1.54, 1.807) is 0 Å². The molecule has 5 heteroatoms. The second-order valence-electron chi connectivity index (χ2n) is 5.33. The van der Waals surface area contributed by atoms with Gasteiger partial charge in [0, 0.05) is 25.6 Å². The molecule has 1 heterocycles. The van der Waals surface area contributed by atoms with Crippen LogP contribution in [0.3, 0.4) is 0 Å². The third-order valence-corrected chi connectivity index (χ3v) is 3.56. The minimum atomic E-state index is -0.561. The molecule has 0 amide bonds. The summed E-state index contributed by atoms with van der Waals surface area (Å²) in [5, 5.41) is 0. The normalized spacial score (nSPS) is 20.4. The molecule has 1 fully saturated rings. The van der Waals surface area contributed by atoms with Gasteiger partial charge in [0.05, 0.1) is 6.61 Å². The van der Waals surface area contributed by atoms with Gasteiger partial charge in [0.15, 0.2) is 5.78 Å². The van der Waals surface area contributed by atoms with E-state index in [1.807, 2.05) is 0 Å². The highest BCUT2D eigenvalue weighted by molar-refractivity contribution is 5.85. The van der Waals surface area contributed by atoms with Crippen LogP contribution in [0.25, 0.3) is 0 Å². The fourth-order valence-electron chi connectivity index (χ4n) is 2.31. The van der Waals surface area contributed by atoms with Gasteiger partial charge in [-0.25, -0.2) is 8.78 Å². The number of halogens is 2. The molecule has 3 nitrogen and oxygen atoms in total. The fraction of sp³-hybridized carbons (Fsp3) is 0.533. The number of rotatable bonds is 4. The van der Waals surface area contributed by atoms with E-state index >= 15 is 0 Å². The van der Waals surface area contributed by atoms with Gasteiger partial charge in [0.25, 0.3) is 0 Å². The second kappa shape index (κ2) is 6.41. The maximum absolute atomic E-state index is 13.5. The van der Waals surface area contributed by atoms with Crippen molar-refractivity contribution in [2.24, 2.45) is 0 Å². The molecule has 1 aromatic rings. The molecular formula is C15H19F2NO2. The molecule has 20 heavy (non-hydrogen) atoms. The van der Waals surface area contributed by atoms with Crippen LogP contribution in [0.15, 0.2) is 18.2 Å². The van der Waals surface area contributed by atoms with Crippen LogP contribution >= 0.6 is 0 Å². The van der Waals surface area contributed by atoms with Gasteiger partial charge in [-0.1, -0.05) is 0 Å². The Morgan fingerprint density at radius 2 is 2.20 bits per heavy atom. The summed E-state index contributed by atoms with van der Waals surface area (Å²) in [7, 11) is 0. The summed E-state index contributed by atoms with van der Waals surface area (Å²) in [4.78, 5) is 14.3. The molecule has 0 bridgehead atoms. The van der Waals surface area contributed by atoms with Crippen molar-refractivity contribution in [1.29, 1.82) is 0 Å². The number of ketones is 1. The summed E-state index contributed by atoms with van der Waals surface area (Å²) in [6.45, 7) is 5.89. The topological polar surface area (TPSA) is 29.5 Å². The Hall–Kier alpha value is -1.33. The molecule has 0 aliphatic carbocycles. The zero-order chi connectivity index (χ0) is 14.7. The van der Waals surface area contributed by atoms with Crippen LogP contribution in [0.5, 0.6) is 0 Å². The first-order valence-corrected chi connectivity index (χ1v) is 6.79. The van der Waals surface area contributed by atoms with Crippen molar-refractivity contribution in [2.45, 2.75) is 32.4 Å². The van der Waals surface area contributed by atoms with Crippen LogP contribution in [-0.2, 0) is 16.0 Å². The third-order valence-electron chi connectivity index (χ3n) is 3.56. The predicted octanol–water partition coefficient (Wildman–Crippen LogP) is 2.19. The Bertz CT molecular complexity index is 491. The molecule has 0 N–H and O–H groups in total. The van der Waals surface area contributed by atoms with Crippen molar-refractivity contribution in [3.63, 3.8) is 0 Å². The Labute approximate surface area is 117 Å². The SMILES string of the molecule is CC(C)N1CCOC(C(=O)Cc2cc(F)ccc2F)C1. The molecule has 0 aromatic heterocycles. The summed E-state index contributed by atoms with van der Waals surface area (Å²) in [6.07, 6.45) is -0.700. The molecule has 0 radical (unpaired) electrons. The standard InChI is InChI=1S/C15H19F2NO2/c1-10(2)18-5-6-20-15(9-18)14(19)8-11-7-12(16)3-4-13(11)17/h3-4,7,10,15H,5-6,8-9H2,1-2H3. The third kappa shape index (κ3) is 3.61. The van der Waals surface area contributed by atoms with Crippen LogP contribution in [0, 0.1) is 11.6 Å². The van der Waals surface area contributed by atoms with Gasteiger partial charge >= 0.3 is 0 Å². The summed E-state index contributed by atoms with van der Waals surface area (Å²) in [5.74, 6) is -1.31. The zero-order valence-corrected chi connectivity index (χ0v) is 11.7. The van der Waals surface area contributed by atoms with Gasteiger partial charge < -0.3 is 4.74 Å². The highest BCUT2D eigenvalue weighted by atomic mass is 19.1. The zero-order valence-electron chi connectivity index (χ0n) is 11.7. The van der Waals surface area contributed by atoms with Gasteiger partial charge in [-0.2, -0.15) is 0 Å². The molecule has 1 aromatic carbocycles. The summed E-state index contributed by atoms with van der Waals surface area (Å²) < 4.78 is 32.1. The smallest absolute Gasteiger partial charge is 0.167 e. The number of carbonyl (C=O) groups excluding carboxylic acids is 1. The number of nitrogens with zero attached hydrogens (tertiary/aromatic N) is 1. The number of Topliss-reactive ketones (excluding diaryl/α,β-unsaturated/α-hetero) is 1. The maximum Gasteiger partial charge on any atom is 0.167 e. The lowest BCUT2D eigenvalue weighted by Gasteiger charge is -2.34. The molecule has 1 aliphatic heterocycles. The number of hydrogen-bond acceptors (Lipinski definition) is 3. The summed E-state index contributed by atoms with van der Waals surface area (Å²) in [5.41, 5.74) is 0.0836. The molecular weight excluding hydrogens is 264 g/mol. The minimum Gasteiger partial charge on any atom is -0.368 e. The molecule has 0 saturated carbocycles. The van der Waals surface area contributed by atoms with E-state index < -0.39 is 17.7 Å². The number of benzene rings is 1. The van der Waals surface area contributed by atoms with Crippen LogP contribution in [-0.4, -0.2) is 42.5 Å². The first-order valence-electron chi connectivity index (χ1n) is 6.79. The molecule has 0 spiro atoms. The van der Waals surface area contributed by atoms with Crippen LogP contribution < -0.4 is 0 Å². The number of morpholine rings is 1. The molecule has 110 valence electrons. The van der Waals surface area contributed by atoms with Crippen LogP contribution in [0.1, 0.15) is 19.4 Å². The lowest BCUT2D eigenvalue weighted by Crippen LogP contribution is -2.49. The Morgan fingerprint density at radius 3 is 2.90 bits per heavy atom. The van der Waals surface area contributed by atoms with Gasteiger partial charge in [0.1, 0.15) is 17.7 Å². The van der Waals surface area contributed by atoms with E-state index in [0.717, 1.165) is 24.7 Å². The Kier molecular flexibility index (Phi) is 4.83. The Morgan fingerprint density at radius 1 is 1.45 bits per heavy atom. The predicted molar refractivity (Wildman–Crippen MR) is 71.5 cm³/mol. The average molecular weight is 283 g/mol. The van der Waals surface area contributed by atoms with Gasteiger partial charge in [-0.3, -0.25) is 9.69 Å². The van der Waals surface area contributed by atoms with E-state index in [0.29, 0.717) is 19.2 Å². The van der Waals surface area contributed by atoms with Crippen molar-refractivity contribution >= 4 is 5.78 Å². The quantitative estimate of drug-likeness (QED) is 0.848. The van der Waals surface area contributed by atoms with E-state index in [1.165, 1.54) is 0 Å². The van der Waals surface area contributed by atoms with Crippen molar-refractivity contribution in [2.75, 3.05) is 19.7 Å². The molecule has 2 rings (SSSR count). The van der Waals surface area contributed by atoms with E-state index in [4.69, 9.17) is 4.74 Å². The number of hydrogen-bond donors (Lipinski definition) is 0. The van der Waals surface area contributed by atoms with E-state index in [-0.39, 0.29) is 17.8 Å². The van der Waals surface area contributed by atoms with Gasteiger partial charge in [-0.15, -0.1) is 0 Å². The maximum atomic E-state index is 13.5. The first-order chi connectivity index (χ1) is 9.47. The van der Waals surface area contributed by atoms with Gasteiger partial charge in [0.2, 0.25) is 0 Å². The minimum absolute atomic E-state index is 0.0836. The second-order valence-corrected chi connectivity index (χ2v) is 5.33. The molecule has 1 atom stereocenters.